The van der Waals surface area contributed by atoms with Gasteiger partial charge in [0.05, 0.1) is 0 Å². The Morgan fingerprint density at radius 3 is 2.12 bits per heavy atom. The first kappa shape index (κ1) is 30.9. The maximum atomic E-state index is 5.85. The van der Waals surface area contributed by atoms with Gasteiger partial charge in [0, 0.05) is 20.5 Å². The van der Waals surface area contributed by atoms with Gasteiger partial charge >= 0.3 is 21.7 Å². The third kappa shape index (κ3) is 5.48. The van der Waals surface area contributed by atoms with E-state index >= 15 is 0 Å². The summed E-state index contributed by atoms with van der Waals surface area (Å²) in [4.78, 5) is 5.85. The minimum atomic E-state index is -1.76. The van der Waals surface area contributed by atoms with E-state index in [1.54, 1.807) is 6.42 Å². The second kappa shape index (κ2) is 11.7. The molecule has 32 heavy (non-hydrogen) atoms. The molecule has 4 aliphatic carbocycles. The van der Waals surface area contributed by atoms with Crippen molar-refractivity contribution in [3.8, 4) is 0 Å². The Bertz CT molecular complexity index is 576. The van der Waals surface area contributed by atoms with Gasteiger partial charge in [-0.1, -0.05) is 78.3 Å². The van der Waals surface area contributed by atoms with Crippen molar-refractivity contribution in [3.63, 3.8) is 0 Å². The predicted molar refractivity (Wildman–Crippen MR) is 141 cm³/mol. The molecule has 4 saturated carbocycles. The van der Waals surface area contributed by atoms with Crippen LogP contribution in [0.5, 0.6) is 0 Å². The smallest absolute Gasteiger partial charge is 0.647 e. The molecule has 0 aromatic heterocycles. The second-order valence-electron chi connectivity index (χ2n) is 12.3. The van der Waals surface area contributed by atoms with Gasteiger partial charge in [0.25, 0.3) is 0 Å². The first-order valence-electron chi connectivity index (χ1n) is 12.9. The monoisotopic (exact) mass is 494 g/mol. The molecule has 4 heteroatoms. The SMILES string of the molecule is CC1CCC2C(C1)C1CC3CCCCC3C1N2[Si](C)(C)[N-]C1(C)CCCCC1.[CH3-].[CH3-].[CH3-].[Ti+4]. The van der Waals surface area contributed by atoms with Crippen molar-refractivity contribution >= 4 is 8.40 Å². The van der Waals surface area contributed by atoms with Crippen LogP contribution in [0.4, 0.5) is 0 Å². The maximum Gasteiger partial charge on any atom is 4.00 e. The quantitative estimate of drug-likeness (QED) is 0.284. The molecular weight excluding hydrogens is 440 g/mol. The maximum absolute atomic E-state index is 5.85. The molecule has 0 N–H and O–H groups in total. The van der Waals surface area contributed by atoms with Gasteiger partial charge in [0.1, 0.15) is 0 Å². The Kier molecular flexibility index (Phi) is 11.3. The standard InChI is InChI=1S/C25H45N2Si.3CH3.Ti/c1-18-12-13-23-21(16-18)22-17-19-10-6-7-11-20(19)24(22)27(23)28(3,4)26-25(2)14-8-5-9-15-25;;;;/h18-24H,5-17H2,1-4H3;3*1H3;/q4*-1;+4. The average molecular weight is 495 g/mol. The van der Waals surface area contributed by atoms with E-state index in [1.165, 1.54) is 77.0 Å². The molecule has 5 aliphatic rings. The van der Waals surface area contributed by atoms with Gasteiger partial charge in [0.15, 0.2) is 0 Å². The molecule has 7 atom stereocenters. The van der Waals surface area contributed by atoms with Gasteiger partial charge < -0.3 is 31.8 Å². The van der Waals surface area contributed by atoms with Crippen molar-refractivity contribution in [1.29, 1.82) is 0 Å². The number of hydrogen-bond acceptors (Lipinski definition) is 1. The van der Waals surface area contributed by atoms with Crippen molar-refractivity contribution in [2.24, 2.45) is 29.6 Å². The minimum Gasteiger partial charge on any atom is -0.647 e. The molecule has 1 saturated heterocycles. The van der Waals surface area contributed by atoms with Gasteiger partial charge in [-0.25, -0.2) is 0 Å². The molecule has 0 amide bonds. The Morgan fingerprint density at radius 2 is 1.44 bits per heavy atom. The van der Waals surface area contributed by atoms with Gasteiger partial charge in [-0.3, -0.25) is 0 Å². The van der Waals surface area contributed by atoms with Crippen LogP contribution in [0.1, 0.15) is 97.3 Å². The van der Waals surface area contributed by atoms with E-state index in [4.69, 9.17) is 4.98 Å². The Hall–Kier alpha value is 0.851. The van der Waals surface area contributed by atoms with E-state index in [0.29, 0.717) is 0 Å². The summed E-state index contributed by atoms with van der Waals surface area (Å²) in [6, 6.07) is 1.79. The molecule has 0 bridgehead atoms. The summed E-state index contributed by atoms with van der Waals surface area (Å²) in [5, 5.41) is 0. The molecule has 0 aromatic carbocycles. The summed E-state index contributed by atoms with van der Waals surface area (Å²) in [6.45, 7) is 10.3. The van der Waals surface area contributed by atoms with E-state index in [-0.39, 0.29) is 49.5 Å². The second-order valence-corrected chi connectivity index (χ2v) is 16.0. The molecule has 5 rings (SSSR count). The van der Waals surface area contributed by atoms with Crippen LogP contribution in [0.2, 0.25) is 13.1 Å². The normalized spacial score (nSPS) is 40.3. The summed E-state index contributed by atoms with van der Waals surface area (Å²) in [5.41, 5.74) is 0.286. The number of rotatable bonds is 3. The zero-order valence-electron chi connectivity index (χ0n) is 22.6. The van der Waals surface area contributed by atoms with E-state index in [0.717, 1.165) is 41.7 Å². The van der Waals surface area contributed by atoms with Crippen LogP contribution in [0, 0.1) is 51.9 Å². The fourth-order valence-corrected chi connectivity index (χ4v) is 12.9. The fraction of sp³-hybridized carbons (Fsp3) is 0.893. The van der Waals surface area contributed by atoms with Crippen LogP contribution in [-0.2, 0) is 21.7 Å². The van der Waals surface area contributed by atoms with Crippen molar-refractivity contribution in [3.05, 3.63) is 27.3 Å². The average Bonchev–Trinajstić information content (AvgIpc) is 3.16. The van der Waals surface area contributed by atoms with Crippen molar-refractivity contribution < 1.29 is 21.7 Å². The third-order valence-corrected chi connectivity index (χ3v) is 12.9. The van der Waals surface area contributed by atoms with E-state index in [1.807, 2.05) is 0 Å². The molecule has 0 radical (unpaired) electrons. The van der Waals surface area contributed by atoms with Crippen LogP contribution < -0.4 is 0 Å². The van der Waals surface area contributed by atoms with Crippen molar-refractivity contribution in [2.45, 2.75) is 128 Å². The van der Waals surface area contributed by atoms with Crippen molar-refractivity contribution in [2.75, 3.05) is 0 Å². The zero-order valence-corrected chi connectivity index (χ0v) is 25.2. The Morgan fingerprint density at radius 1 is 0.781 bits per heavy atom. The fourth-order valence-electron chi connectivity index (χ4n) is 8.98. The predicted octanol–water partition coefficient (Wildman–Crippen LogP) is 8.45. The number of hydrogen-bond donors (Lipinski definition) is 0. The van der Waals surface area contributed by atoms with Crippen LogP contribution >= 0.6 is 0 Å². The van der Waals surface area contributed by atoms with Crippen LogP contribution in [0.15, 0.2) is 0 Å². The molecule has 7 unspecified atom stereocenters. The number of nitrogens with zero attached hydrogens (tertiary/aromatic N) is 2. The molecule has 1 heterocycles. The Balaban J connectivity index is 0.00000128. The number of fused-ring (bicyclic) bond motifs is 5. The molecule has 2 nitrogen and oxygen atoms in total. The largest absolute Gasteiger partial charge is 4.00 e. The molecular formula is C28H54N2SiTi. The zero-order chi connectivity index (χ0) is 19.5. The van der Waals surface area contributed by atoms with Gasteiger partial charge in [-0.2, -0.15) is 0 Å². The molecule has 184 valence electrons. The van der Waals surface area contributed by atoms with Crippen molar-refractivity contribution in [1.82, 2.24) is 4.57 Å². The summed E-state index contributed by atoms with van der Waals surface area (Å²) in [6.07, 6.45) is 19.1. The van der Waals surface area contributed by atoms with Crippen LogP contribution in [0.3, 0.4) is 0 Å². The van der Waals surface area contributed by atoms with Gasteiger partial charge in [-0.15, -0.1) is 5.54 Å². The minimum absolute atomic E-state index is 0. The molecule has 5 fully saturated rings. The van der Waals surface area contributed by atoms with Gasteiger partial charge in [0.2, 0.25) is 0 Å². The van der Waals surface area contributed by atoms with Gasteiger partial charge in [-0.05, 0) is 61.7 Å². The Labute approximate surface area is 218 Å². The summed E-state index contributed by atoms with van der Waals surface area (Å²) in [5.74, 6) is 5.05. The molecule has 0 aromatic rings. The van der Waals surface area contributed by atoms with E-state index in [2.05, 4.69) is 31.5 Å². The summed E-state index contributed by atoms with van der Waals surface area (Å²) >= 11 is 0. The van der Waals surface area contributed by atoms with E-state index in [9.17, 15) is 0 Å². The topological polar surface area (TPSA) is 17.3 Å². The third-order valence-electron chi connectivity index (χ3n) is 9.88. The summed E-state index contributed by atoms with van der Waals surface area (Å²) < 4.78 is 3.20. The van der Waals surface area contributed by atoms with Crippen LogP contribution in [-0.4, -0.2) is 30.6 Å². The van der Waals surface area contributed by atoms with E-state index < -0.39 is 8.40 Å². The summed E-state index contributed by atoms with van der Waals surface area (Å²) in [7, 11) is -1.76. The first-order valence-corrected chi connectivity index (χ1v) is 15.8. The van der Waals surface area contributed by atoms with Crippen LogP contribution in [0.25, 0.3) is 4.98 Å². The molecule has 1 aliphatic heterocycles. The first-order chi connectivity index (χ1) is 13.4. The molecule has 0 spiro atoms.